The van der Waals surface area contributed by atoms with Crippen molar-refractivity contribution in [2.45, 2.75) is 13.8 Å². The molecule has 0 atom stereocenters. The summed E-state index contributed by atoms with van der Waals surface area (Å²) in [5.41, 5.74) is 5.28. The molecule has 0 aliphatic carbocycles. The normalized spacial score (nSPS) is 10.9. The molecule has 4 nitrogen and oxygen atoms in total. The van der Waals surface area contributed by atoms with Crippen molar-refractivity contribution in [3.05, 3.63) is 41.5 Å². The number of nitrogens with zero attached hydrogens (tertiary/aromatic N) is 2. The first kappa shape index (κ1) is 11.7. The highest BCUT2D eigenvalue weighted by Crippen LogP contribution is 2.24. The SMILES string of the molecule is CNc1ccc2[nH]c(-c3ccc(C)cc3C)nc2n1. The standard InChI is InChI=1S/C15H16N4/c1-9-4-5-11(10(2)8-9)14-17-12-6-7-13(16-3)18-15(12)19-14/h4-8H,1-3H3,(H2,16,17,18,19). The first-order valence-corrected chi connectivity index (χ1v) is 6.29. The van der Waals surface area contributed by atoms with Gasteiger partial charge in [-0.15, -0.1) is 0 Å². The molecule has 0 unspecified atom stereocenters. The van der Waals surface area contributed by atoms with E-state index in [1.54, 1.807) is 0 Å². The summed E-state index contributed by atoms with van der Waals surface area (Å²) in [4.78, 5) is 12.3. The van der Waals surface area contributed by atoms with Gasteiger partial charge < -0.3 is 10.3 Å². The Morgan fingerprint density at radius 1 is 1.05 bits per heavy atom. The number of nitrogens with one attached hydrogen (secondary N) is 2. The molecular weight excluding hydrogens is 236 g/mol. The van der Waals surface area contributed by atoms with E-state index in [1.807, 2.05) is 19.2 Å². The highest BCUT2D eigenvalue weighted by Gasteiger charge is 2.09. The third-order valence-electron chi connectivity index (χ3n) is 3.24. The van der Waals surface area contributed by atoms with E-state index in [-0.39, 0.29) is 0 Å². The van der Waals surface area contributed by atoms with E-state index in [9.17, 15) is 0 Å². The van der Waals surface area contributed by atoms with Gasteiger partial charge in [-0.25, -0.2) is 9.97 Å². The summed E-state index contributed by atoms with van der Waals surface area (Å²) >= 11 is 0. The minimum absolute atomic E-state index is 0.738. The second-order valence-corrected chi connectivity index (χ2v) is 4.72. The first-order valence-electron chi connectivity index (χ1n) is 6.29. The molecule has 0 bridgehead atoms. The molecular formula is C15H16N4. The van der Waals surface area contributed by atoms with Crippen LogP contribution >= 0.6 is 0 Å². The van der Waals surface area contributed by atoms with E-state index < -0.39 is 0 Å². The predicted octanol–water partition coefficient (Wildman–Crippen LogP) is 3.28. The number of aromatic amines is 1. The van der Waals surface area contributed by atoms with Gasteiger partial charge in [-0.2, -0.15) is 0 Å². The van der Waals surface area contributed by atoms with Crippen LogP contribution in [-0.4, -0.2) is 22.0 Å². The van der Waals surface area contributed by atoms with Crippen molar-refractivity contribution in [2.75, 3.05) is 12.4 Å². The Morgan fingerprint density at radius 2 is 1.89 bits per heavy atom. The quantitative estimate of drug-likeness (QED) is 0.736. The van der Waals surface area contributed by atoms with Crippen molar-refractivity contribution in [3.63, 3.8) is 0 Å². The highest BCUT2D eigenvalue weighted by molar-refractivity contribution is 5.78. The lowest BCUT2D eigenvalue weighted by atomic mass is 10.1. The van der Waals surface area contributed by atoms with Crippen LogP contribution in [0.3, 0.4) is 0 Å². The molecule has 96 valence electrons. The molecule has 0 aliphatic rings. The van der Waals surface area contributed by atoms with Gasteiger partial charge in [0.1, 0.15) is 11.6 Å². The van der Waals surface area contributed by atoms with Gasteiger partial charge in [0.2, 0.25) is 0 Å². The molecule has 3 aromatic rings. The van der Waals surface area contributed by atoms with Crippen LogP contribution < -0.4 is 5.32 Å². The van der Waals surface area contributed by atoms with Crippen molar-refractivity contribution in [1.29, 1.82) is 0 Å². The number of hydrogen-bond donors (Lipinski definition) is 2. The minimum Gasteiger partial charge on any atom is -0.373 e. The topological polar surface area (TPSA) is 53.6 Å². The molecule has 0 saturated heterocycles. The maximum absolute atomic E-state index is 4.58. The van der Waals surface area contributed by atoms with E-state index in [1.165, 1.54) is 11.1 Å². The number of fused-ring (bicyclic) bond motifs is 1. The second-order valence-electron chi connectivity index (χ2n) is 4.72. The molecule has 0 radical (unpaired) electrons. The zero-order valence-corrected chi connectivity index (χ0v) is 11.3. The van der Waals surface area contributed by atoms with Crippen LogP contribution in [0.5, 0.6) is 0 Å². The van der Waals surface area contributed by atoms with Gasteiger partial charge >= 0.3 is 0 Å². The number of benzene rings is 1. The van der Waals surface area contributed by atoms with Crippen LogP contribution in [0, 0.1) is 13.8 Å². The fourth-order valence-electron chi connectivity index (χ4n) is 2.24. The fourth-order valence-corrected chi connectivity index (χ4v) is 2.24. The van der Waals surface area contributed by atoms with Crippen LogP contribution in [0.25, 0.3) is 22.6 Å². The van der Waals surface area contributed by atoms with E-state index >= 15 is 0 Å². The average molecular weight is 252 g/mol. The number of H-pyrrole nitrogens is 1. The third-order valence-corrected chi connectivity index (χ3v) is 3.24. The Balaban J connectivity index is 2.14. The summed E-state index contributed by atoms with van der Waals surface area (Å²) in [7, 11) is 1.85. The van der Waals surface area contributed by atoms with Crippen LogP contribution in [0.4, 0.5) is 5.82 Å². The highest BCUT2D eigenvalue weighted by atomic mass is 15.0. The van der Waals surface area contributed by atoms with Crippen LogP contribution in [-0.2, 0) is 0 Å². The van der Waals surface area contributed by atoms with E-state index in [4.69, 9.17) is 0 Å². The number of hydrogen-bond acceptors (Lipinski definition) is 3. The van der Waals surface area contributed by atoms with E-state index in [0.717, 1.165) is 28.4 Å². The van der Waals surface area contributed by atoms with Crippen LogP contribution in [0.2, 0.25) is 0 Å². The third kappa shape index (κ3) is 2.05. The number of pyridine rings is 1. The average Bonchev–Trinajstić information content (AvgIpc) is 2.80. The Hall–Kier alpha value is -2.36. The second kappa shape index (κ2) is 4.39. The van der Waals surface area contributed by atoms with Gasteiger partial charge in [0, 0.05) is 12.6 Å². The smallest absolute Gasteiger partial charge is 0.180 e. The molecule has 3 rings (SSSR count). The monoisotopic (exact) mass is 252 g/mol. The zero-order chi connectivity index (χ0) is 13.4. The molecule has 2 aromatic heterocycles. The molecule has 1 aromatic carbocycles. The van der Waals surface area contributed by atoms with Gasteiger partial charge in [-0.05, 0) is 31.5 Å². The molecule has 0 saturated carbocycles. The van der Waals surface area contributed by atoms with Gasteiger partial charge in [0.15, 0.2) is 5.65 Å². The van der Waals surface area contributed by atoms with Gasteiger partial charge in [0.25, 0.3) is 0 Å². The van der Waals surface area contributed by atoms with E-state index in [0.29, 0.717) is 0 Å². The van der Waals surface area contributed by atoms with E-state index in [2.05, 4.69) is 52.3 Å². The lowest BCUT2D eigenvalue weighted by Crippen LogP contribution is -1.91. The Morgan fingerprint density at radius 3 is 2.63 bits per heavy atom. The summed E-state index contributed by atoms with van der Waals surface area (Å²) < 4.78 is 0. The van der Waals surface area contributed by atoms with Crippen molar-refractivity contribution >= 4 is 17.0 Å². The van der Waals surface area contributed by atoms with Crippen molar-refractivity contribution in [2.24, 2.45) is 0 Å². The molecule has 19 heavy (non-hydrogen) atoms. The lowest BCUT2D eigenvalue weighted by Gasteiger charge is -2.02. The van der Waals surface area contributed by atoms with Gasteiger partial charge in [0.05, 0.1) is 5.52 Å². The number of aryl methyl sites for hydroxylation is 2. The Labute approximate surface area is 111 Å². The minimum atomic E-state index is 0.738. The van der Waals surface area contributed by atoms with Gasteiger partial charge in [-0.3, -0.25) is 0 Å². The summed E-state index contributed by atoms with van der Waals surface area (Å²) in [6.45, 7) is 4.19. The summed E-state index contributed by atoms with van der Waals surface area (Å²) in [5, 5.41) is 3.02. The Bertz CT molecular complexity index is 743. The maximum Gasteiger partial charge on any atom is 0.180 e. The molecule has 2 heterocycles. The van der Waals surface area contributed by atoms with Crippen LogP contribution in [0.15, 0.2) is 30.3 Å². The van der Waals surface area contributed by atoms with Crippen LogP contribution in [0.1, 0.15) is 11.1 Å². The number of anilines is 1. The number of rotatable bonds is 2. The summed E-state index contributed by atoms with van der Waals surface area (Å²) in [6.07, 6.45) is 0. The Kier molecular flexibility index (Phi) is 2.71. The number of imidazole rings is 1. The zero-order valence-electron chi connectivity index (χ0n) is 11.3. The molecule has 0 amide bonds. The number of aromatic nitrogens is 3. The van der Waals surface area contributed by atoms with Crippen molar-refractivity contribution in [1.82, 2.24) is 15.0 Å². The van der Waals surface area contributed by atoms with Crippen molar-refractivity contribution in [3.8, 4) is 11.4 Å². The first-order chi connectivity index (χ1) is 9.17. The molecule has 0 spiro atoms. The fraction of sp³-hybridized carbons (Fsp3) is 0.200. The lowest BCUT2D eigenvalue weighted by molar-refractivity contribution is 1.27. The van der Waals surface area contributed by atoms with Crippen molar-refractivity contribution < 1.29 is 0 Å². The van der Waals surface area contributed by atoms with Gasteiger partial charge in [-0.1, -0.05) is 23.8 Å². The largest absolute Gasteiger partial charge is 0.373 e. The summed E-state index contributed by atoms with van der Waals surface area (Å²) in [6, 6.07) is 10.3. The summed E-state index contributed by atoms with van der Waals surface area (Å²) in [5.74, 6) is 1.69. The maximum atomic E-state index is 4.58. The molecule has 2 N–H and O–H groups in total. The molecule has 4 heteroatoms. The predicted molar refractivity (Wildman–Crippen MR) is 78.3 cm³/mol. The molecule has 0 fully saturated rings. The molecule has 0 aliphatic heterocycles.